The third-order valence-electron chi connectivity index (χ3n) is 11.4. The van der Waals surface area contributed by atoms with Crippen LogP contribution >= 0.6 is 11.3 Å². The van der Waals surface area contributed by atoms with E-state index in [0.29, 0.717) is 5.92 Å². The fraction of sp³-hybridized carbons (Fsp3) is 0.0385. The normalized spacial score (nSPS) is 14.7. The lowest BCUT2D eigenvalue weighted by atomic mass is 9.88. The van der Waals surface area contributed by atoms with Gasteiger partial charge in [-0.3, -0.25) is 0 Å². The first-order valence-corrected chi connectivity index (χ1v) is 19.6. The molecule has 1 heterocycles. The van der Waals surface area contributed by atoms with Gasteiger partial charge in [-0.15, -0.1) is 11.3 Å². The largest absolute Gasteiger partial charge is 0.310 e. The van der Waals surface area contributed by atoms with Crippen molar-refractivity contribution in [2.45, 2.75) is 6.42 Å². The highest BCUT2D eigenvalue weighted by atomic mass is 32.1. The second kappa shape index (κ2) is 12.6. The van der Waals surface area contributed by atoms with Crippen LogP contribution in [0.25, 0.3) is 76.3 Å². The molecule has 1 unspecified atom stereocenters. The number of anilines is 3. The van der Waals surface area contributed by atoms with Crippen molar-refractivity contribution in [3.8, 4) is 22.3 Å². The molecule has 1 atom stereocenters. The van der Waals surface area contributed by atoms with Crippen LogP contribution in [0.3, 0.4) is 0 Å². The summed E-state index contributed by atoms with van der Waals surface area (Å²) in [6.07, 6.45) is 12.5. The summed E-state index contributed by atoms with van der Waals surface area (Å²) in [5, 5.41) is 10.4. The molecular weight excluding hydrogens is 671 g/mol. The summed E-state index contributed by atoms with van der Waals surface area (Å²) >= 11 is 1.93. The average molecular weight is 706 g/mol. The first-order chi connectivity index (χ1) is 26.7. The van der Waals surface area contributed by atoms with Crippen LogP contribution in [-0.2, 0) is 0 Å². The van der Waals surface area contributed by atoms with Crippen molar-refractivity contribution in [2.75, 3.05) is 4.90 Å². The molecule has 0 fully saturated rings. The lowest BCUT2D eigenvalue weighted by Gasteiger charge is -2.26. The maximum absolute atomic E-state index is 2.46. The van der Waals surface area contributed by atoms with Crippen LogP contribution in [0, 0.1) is 5.92 Å². The molecule has 54 heavy (non-hydrogen) atoms. The Labute approximate surface area is 318 Å². The van der Waals surface area contributed by atoms with Gasteiger partial charge in [-0.05, 0) is 120 Å². The Kier molecular flexibility index (Phi) is 7.24. The van der Waals surface area contributed by atoms with Gasteiger partial charge in [0.15, 0.2) is 0 Å². The molecular formula is C52H35NS. The summed E-state index contributed by atoms with van der Waals surface area (Å²) < 4.78 is 2.75. The molecule has 0 saturated heterocycles. The monoisotopic (exact) mass is 705 g/mol. The van der Waals surface area contributed by atoms with Gasteiger partial charge in [0.05, 0.1) is 0 Å². The van der Waals surface area contributed by atoms with Gasteiger partial charge in [0, 0.05) is 37.6 Å². The number of fused-ring (bicyclic) bond motifs is 9. The summed E-state index contributed by atoms with van der Waals surface area (Å²) in [7, 11) is 0. The third kappa shape index (κ3) is 5.14. The van der Waals surface area contributed by atoms with Gasteiger partial charge < -0.3 is 4.90 Å². The molecule has 0 bridgehead atoms. The molecule has 0 aliphatic heterocycles. The molecule has 11 rings (SSSR count). The molecule has 0 saturated carbocycles. The SMILES string of the molecule is C1=CC2=c3sc4ccc(N(c5ccc(-c6ccc7ccc8c9ccccc9ccc8c7c6)cc5)c5cccc(-c6ccccc6)c5)cc4c3=CCC2C=C1. The number of nitrogens with zero attached hydrogens (tertiary/aromatic N) is 1. The van der Waals surface area contributed by atoms with E-state index >= 15 is 0 Å². The number of hydrogen-bond acceptors (Lipinski definition) is 2. The van der Waals surface area contributed by atoms with Crippen LogP contribution in [0.4, 0.5) is 17.1 Å². The lowest BCUT2D eigenvalue weighted by molar-refractivity contribution is 0.868. The van der Waals surface area contributed by atoms with Crippen molar-refractivity contribution >= 4 is 82.5 Å². The van der Waals surface area contributed by atoms with E-state index in [9.17, 15) is 0 Å². The Bertz CT molecular complexity index is 3130. The van der Waals surface area contributed by atoms with E-state index in [1.165, 1.54) is 80.0 Å². The fourth-order valence-electron chi connectivity index (χ4n) is 8.64. The molecule has 1 aromatic heterocycles. The van der Waals surface area contributed by atoms with Gasteiger partial charge in [-0.2, -0.15) is 0 Å². The lowest BCUT2D eigenvalue weighted by Crippen LogP contribution is -2.28. The zero-order chi connectivity index (χ0) is 35.6. The number of thiophene rings is 1. The van der Waals surface area contributed by atoms with E-state index in [1.807, 2.05) is 11.3 Å². The van der Waals surface area contributed by atoms with Gasteiger partial charge in [0.2, 0.25) is 0 Å². The van der Waals surface area contributed by atoms with Crippen LogP contribution in [0.1, 0.15) is 6.42 Å². The highest BCUT2D eigenvalue weighted by Crippen LogP contribution is 2.40. The highest BCUT2D eigenvalue weighted by molar-refractivity contribution is 7.17. The minimum Gasteiger partial charge on any atom is -0.310 e. The van der Waals surface area contributed by atoms with E-state index in [-0.39, 0.29) is 0 Å². The van der Waals surface area contributed by atoms with Crippen molar-refractivity contribution in [1.29, 1.82) is 0 Å². The Hall–Kier alpha value is -6.48. The van der Waals surface area contributed by atoms with Crippen molar-refractivity contribution in [1.82, 2.24) is 0 Å². The van der Waals surface area contributed by atoms with Crippen LogP contribution in [0.2, 0.25) is 0 Å². The molecule has 0 amide bonds. The summed E-state index contributed by atoms with van der Waals surface area (Å²) in [5.74, 6) is 0.479. The summed E-state index contributed by atoms with van der Waals surface area (Å²) in [6, 6.07) is 60.4. The Balaban J connectivity index is 1.04. The molecule has 8 aromatic carbocycles. The maximum atomic E-state index is 2.46. The summed E-state index contributed by atoms with van der Waals surface area (Å²) in [5.41, 5.74) is 9.71. The van der Waals surface area contributed by atoms with Crippen molar-refractivity contribution in [3.05, 3.63) is 198 Å². The predicted octanol–water partition coefficient (Wildman–Crippen LogP) is 13.2. The smallest absolute Gasteiger partial charge is 0.0468 e. The second-order valence-electron chi connectivity index (χ2n) is 14.5. The topological polar surface area (TPSA) is 3.24 Å². The number of benzene rings is 8. The first kappa shape index (κ1) is 31.1. The minimum atomic E-state index is 0.479. The molecule has 2 aliphatic rings. The first-order valence-electron chi connectivity index (χ1n) is 18.8. The second-order valence-corrected chi connectivity index (χ2v) is 15.5. The third-order valence-corrected chi connectivity index (χ3v) is 12.6. The van der Waals surface area contributed by atoms with E-state index in [1.54, 1.807) is 0 Å². The van der Waals surface area contributed by atoms with Crippen LogP contribution < -0.4 is 14.7 Å². The molecule has 0 N–H and O–H groups in total. The van der Waals surface area contributed by atoms with Gasteiger partial charge in [0.1, 0.15) is 0 Å². The quantitative estimate of drug-likeness (QED) is 0.161. The van der Waals surface area contributed by atoms with Crippen molar-refractivity contribution in [2.24, 2.45) is 5.92 Å². The molecule has 2 aliphatic carbocycles. The molecule has 254 valence electrons. The molecule has 9 aromatic rings. The Morgan fingerprint density at radius 1 is 0.463 bits per heavy atom. The number of allylic oxidation sites excluding steroid dienone is 4. The van der Waals surface area contributed by atoms with Gasteiger partial charge in [0.25, 0.3) is 0 Å². The standard InChI is InChI=1S/C52H35NS/c1-2-9-34(10-3-1)39-13-8-14-42(31-39)53(43-26-30-51-50(33-43)48-29-23-37-12-5-7-16-45(37)52(48)54-51)41-24-19-35(20-25-41)40-18-17-38-22-27-46-44-15-6-4-11-36(44)21-28-47(46)49(38)32-40/h1-22,24-33,37H,23H2. The van der Waals surface area contributed by atoms with Crippen molar-refractivity contribution in [3.63, 3.8) is 0 Å². The Morgan fingerprint density at radius 3 is 2.04 bits per heavy atom. The number of rotatable bonds is 5. The van der Waals surface area contributed by atoms with E-state index in [0.717, 1.165) is 23.5 Å². The van der Waals surface area contributed by atoms with Gasteiger partial charge in [-0.25, -0.2) is 0 Å². The van der Waals surface area contributed by atoms with Gasteiger partial charge in [-0.1, -0.05) is 146 Å². The minimum absolute atomic E-state index is 0.479. The predicted molar refractivity (Wildman–Crippen MR) is 233 cm³/mol. The van der Waals surface area contributed by atoms with Crippen molar-refractivity contribution < 1.29 is 0 Å². The molecule has 0 spiro atoms. The summed E-state index contributed by atoms with van der Waals surface area (Å²) in [4.78, 5) is 2.42. The van der Waals surface area contributed by atoms with Crippen LogP contribution in [-0.4, -0.2) is 0 Å². The van der Waals surface area contributed by atoms with E-state index in [2.05, 4.69) is 199 Å². The zero-order valence-electron chi connectivity index (χ0n) is 29.6. The average Bonchev–Trinajstić information content (AvgIpc) is 3.63. The molecule has 1 nitrogen and oxygen atoms in total. The molecule has 2 heteroatoms. The zero-order valence-corrected chi connectivity index (χ0v) is 30.4. The number of hydrogen-bond donors (Lipinski definition) is 0. The molecule has 0 radical (unpaired) electrons. The fourth-order valence-corrected chi connectivity index (χ4v) is 9.92. The van der Waals surface area contributed by atoms with Crippen LogP contribution in [0.5, 0.6) is 0 Å². The maximum Gasteiger partial charge on any atom is 0.0468 e. The highest BCUT2D eigenvalue weighted by Gasteiger charge is 2.20. The van der Waals surface area contributed by atoms with Gasteiger partial charge >= 0.3 is 0 Å². The summed E-state index contributed by atoms with van der Waals surface area (Å²) in [6.45, 7) is 0. The Morgan fingerprint density at radius 2 is 1.15 bits per heavy atom. The van der Waals surface area contributed by atoms with E-state index in [4.69, 9.17) is 0 Å². The van der Waals surface area contributed by atoms with Crippen LogP contribution in [0.15, 0.2) is 188 Å². The van der Waals surface area contributed by atoms with E-state index < -0.39 is 0 Å².